The van der Waals surface area contributed by atoms with E-state index in [0.717, 1.165) is 0 Å². The average Bonchev–Trinajstić information content (AvgIpc) is 0.722. The van der Waals surface area contributed by atoms with Gasteiger partial charge in [-0.25, -0.2) is 0 Å². The van der Waals surface area contributed by atoms with Crippen LogP contribution in [-0.2, 0) is 4.57 Å². The van der Waals surface area contributed by atoms with E-state index >= 15 is 0 Å². The molecule has 0 aliphatic rings. The molecule has 0 aliphatic carbocycles. The molecular formula is H5N3OP. The van der Waals surface area contributed by atoms with Gasteiger partial charge in [0.25, 0.3) is 7.59 Å². The molecule has 1 radical (unpaired) electrons. The molecule has 0 aliphatic heterocycles. The molecule has 0 fully saturated rings. The highest BCUT2D eigenvalue weighted by Gasteiger charge is 1.92. The first-order valence-electron chi connectivity index (χ1n) is 0.923. The molecule has 31 valence electrons. The van der Waals surface area contributed by atoms with Crippen molar-refractivity contribution in [1.82, 2.24) is 5.50 Å². The van der Waals surface area contributed by atoms with Crippen LogP contribution >= 0.6 is 7.59 Å². The molecule has 5 heavy (non-hydrogen) atoms. The van der Waals surface area contributed by atoms with Crippen molar-refractivity contribution in [1.29, 1.82) is 0 Å². The minimum atomic E-state index is -3.39. The maximum atomic E-state index is 9.44. The van der Waals surface area contributed by atoms with Crippen LogP contribution in [-0.4, -0.2) is 0 Å². The van der Waals surface area contributed by atoms with E-state index in [2.05, 4.69) is 11.0 Å². The number of nitrogens with one attached hydrogen (secondary N) is 1. The van der Waals surface area contributed by atoms with Crippen LogP contribution in [0.3, 0.4) is 0 Å². The highest BCUT2D eigenvalue weighted by molar-refractivity contribution is 7.56. The lowest BCUT2D eigenvalue weighted by molar-refractivity contribution is 0.576. The summed E-state index contributed by atoms with van der Waals surface area (Å²) in [6, 6.07) is 0. The quantitative estimate of drug-likeness (QED) is 0.388. The summed E-state index contributed by atoms with van der Waals surface area (Å²) in [6.07, 6.45) is 0. The lowest BCUT2D eigenvalue weighted by atomic mass is 13.8. The third-order valence-corrected chi connectivity index (χ3v) is 0. The molecule has 0 saturated carbocycles. The smallest absolute Gasteiger partial charge is 0.270 e. The second kappa shape index (κ2) is 1.06. The summed E-state index contributed by atoms with van der Waals surface area (Å²) in [4.78, 5) is 0. The number of rotatable bonds is 0. The van der Waals surface area contributed by atoms with E-state index in [0.29, 0.717) is 0 Å². The standard InChI is InChI=1S/H5N3OP/c1-5(2,3)4/h1H,(H4,2,3,4). The zero-order valence-electron chi connectivity index (χ0n) is 2.51. The van der Waals surface area contributed by atoms with Crippen LogP contribution in [0.2, 0.25) is 0 Å². The highest BCUT2D eigenvalue weighted by atomic mass is 31.2. The lowest BCUT2D eigenvalue weighted by Crippen LogP contribution is -2.03. The highest BCUT2D eigenvalue weighted by Crippen LogP contribution is 2.11. The van der Waals surface area contributed by atoms with E-state index < -0.39 is 7.59 Å². The lowest BCUT2D eigenvalue weighted by Gasteiger charge is -1.86. The first-order chi connectivity index (χ1) is 2.00. The Kier molecular flexibility index (Phi) is 1.09. The molecule has 0 aromatic carbocycles. The molecule has 0 aromatic rings. The van der Waals surface area contributed by atoms with Crippen molar-refractivity contribution in [3.63, 3.8) is 0 Å². The molecule has 0 heterocycles. The van der Waals surface area contributed by atoms with Gasteiger partial charge in [0.05, 0.1) is 0 Å². The molecule has 0 bridgehead atoms. The summed E-state index contributed by atoms with van der Waals surface area (Å²) < 4.78 is 9.44. The zero-order valence-corrected chi connectivity index (χ0v) is 3.40. The summed E-state index contributed by atoms with van der Waals surface area (Å²) in [7, 11) is -3.39. The second-order valence-corrected chi connectivity index (χ2v) is 2.13. The Balaban J connectivity index is 3.47. The zero-order chi connectivity index (χ0) is 4.50. The summed E-state index contributed by atoms with van der Waals surface area (Å²) in [6.45, 7) is 0. The Morgan fingerprint density at radius 2 is 1.60 bits per heavy atom. The van der Waals surface area contributed by atoms with Gasteiger partial charge in [-0.2, -0.15) is 5.50 Å². The van der Waals surface area contributed by atoms with Gasteiger partial charge in [0.2, 0.25) is 0 Å². The van der Waals surface area contributed by atoms with Gasteiger partial charge >= 0.3 is 0 Å². The molecule has 0 atom stereocenters. The molecule has 5 heteroatoms. The Morgan fingerprint density at radius 1 is 1.60 bits per heavy atom. The normalized spacial score (nSPS) is 11.8. The largest absolute Gasteiger partial charge is 0.287 e. The van der Waals surface area contributed by atoms with Crippen molar-refractivity contribution in [2.24, 2.45) is 11.0 Å². The van der Waals surface area contributed by atoms with Gasteiger partial charge < -0.3 is 0 Å². The van der Waals surface area contributed by atoms with Gasteiger partial charge in [-0.3, -0.25) is 15.6 Å². The van der Waals surface area contributed by atoms with E-state index in [9.17, 15) is 4.57 Å². The van der Waals surface area contributed by atoms with Crippen molar-refractivity contribution in [3.05, 3.63) is 0 Å². The fraction of sp³-hybridized carbons (Fsp3) is 0. The Morgan fingerprint density at radius 3 is 1.60 bits per heavy atom. The van der Waals surface area contributed by atoms with Crippen LogP contribution in [0, 0.1) is 0 Å². The molecule has 0 saturated heterocycles. The fourth-order valence-electron chi connectivity index (χ4n) is 0. The Labute approximate surface area is 29.9 Å². The van der Waals surface area contributed by atoms with Crippen LogP contribution in [0.5, 0.6) is 0 Å². The monoisotopic (exact) mass is 94.0 g/mol. The molecule has 4 nitrogen and oxygen atoms in total. The summed E-state index contributed by atoms with van der Waals surface area (Å²) in [5.41, 5.74) is 14.8. The fourth-order valence-corrected chi connectivity index (χ4v) is 0. The minimum absolute atomic E-state index is 3.39. The van der Waals surface area contributed by atoms with Crippen LogP contribution in [0.1, 0.15) is 0 Å². The minimum Gasteiger partial charge on any atom is -0.270 e. The predicted octanol–water partition coefficient (Wildman–Crippen LogP) is -0.705. The molecule has 0 amide bonds. The maximum Gasteiger partial charge on any atom is 0.287 e. The van der Waals surface area contributed by atoms with Crippen molar-refractivity contribution >= 4 is 7.59 Å². The third-order valence-electron chi connectivity index (χ3n) is 0. The van der Waals surface area contributed by atoms with Gasteiger partial charge in [0, 0.05) is 0 Å². The van der Waals surface area contributed by atoms with Crippen LogP contribution in [0.25, 0.3) is 0 Å². The molecule has 0 unspecified atom stereocenters. The average molecular weight is 94.0 g/mol. The molecule has 0 aromatic heterocycles. The van der Waals surface area contributed by atoms with Gasteiger partial charge in [0.15, 0.2) is 0 Å². The Hall–Kier alpha value is 0.110. The van der Waals surface area contributed by atoms with E-state index in [-0.39, 0.29) is 0 Å². The second-order valence-electron chi connectivity index (χ2n) is 0.709. The molecule has 0 spiro atoms. The maximum absolute atomic E-state index is 9.44. The summed E-state index contributed by atoms with van der Waals surface area (Å²) in [5.74, 6) is 0. The summed E-state index contributed by atoms with van der Waals surface area (Å²) >= 11 is 0. The molecule has 0 rings (SSSR count). The van der Waals surface area contributed by atoms with Crippen molar-refractivity contribution in [2.45, 2.75) is 0 Å². The first kappa shape index (κ1) is 5.11. The van der Waals surface area contributed by atoms with Gasteiger partial charge in [-0.15, -0.1) is 0 Å². The van der Waals surface area contributed by atoms with Gasteiger partial charge in [-0.1, -0.05) is 0 Å². The van der Waals surface area contributed by atoms with Gasteiger partial charge in [0.1, 0.15) is 0 Å². The molecular weight excluding hydrogens is 89.0 g/mol. The topological polar surface area (TPSA) is 92.9 Å². The number of nitrogens with two attached hydrogens (primary N) is 2. The van der Waals surface area contributed by atoms with Crippen LogP contribution < -0.4 is 16.5 Å². The Bertz CT molecular complexity index is 53.0. The number of hydrogen-bond donors (Lipinski definition) is 2. The third kappa shape index (κ3) is 1510. The van der Waals surface area contributed by atoms with Crippen molar-refractivity contribution in [2.75, 3.05) is 0 Å². The van der Waals surface area contributed by atoms with E-state index in [1.165, 1.54) is 0 Å². The van der Waals surface area contributed by atoms with Crippen LogP contribution in [0.15, 0.2) is 0 Å². The van der Waals surface area contributed by atoms with Crippen molar-refractivity contribution < 1.29 is 4.57 Å². The van der Waals surface area contributed by atoms with Crippen molar-refractivity contribution in [3.8, 4) is 0 Å². The molecule has 5 N–H and O–H groups in total. The first-order valence-corrected chi connectivity index (χ1v) is 2.77. The van der Waals surface area contributed by atoms with E-state index in [1.807, 2.05) is 0 Å². The van der Waals surface area contributed by atoms with Crippen LogP contribution in [0.4, 0.5) is 0 Å². The summed E-state index contributed by atoms with van der Waals surface area (Å²) in [5, 5.41) is 0. The predicted molar refractivity (Wildman–Crippen MR) is 19.1 cm³/mol. The van der Waals surface area contributed by atoms with E-state index in [1.54, 1.807) is 0 Å². The van der Waals surface area contributed by atoms with Gasteiger partial charge in [-0.05, 0) is 0 Å². The number of hydrogen-bond acceptors (Lipinski definition) is 1. The van der Waals surface area contributed by atoms with E-state index in [4.69, 9.17) is 5.50 Å². The SMILES string of the molecule is [NH]P(N)(N)=O.